The first-order valence-corrected chi connectivity index (χ1v) is 11.5. The maximum Gasteiger partial charge on any atom is 0.233 e. The summed E-state index contributed by atoms with van der Waals surface area (Å²) in [6.45, 7) is 9.20. The van der Waals surface area contributed by atoms with Crippen molar-refractivity contribution in [1.82, 2.24) is 14.5 Å². The predicted molar refractivity (Wildman–Crippen MR) is 115 cm³/mol. The molecule has 0 unspecified atom stereocenters. The second kappa shape index (κ2) is 9.31. The number of nitrogens with zero attached hydrogens (tertiary/aromatic N) is 3. The van der Waals surface area contributed by atoms with E-state index >= 15 is 0 Å². The lowest BCUT2D eigenvalue weighted by atomic mass is 10.2. The van der Waals surface area contributed by atoms with E-state index in [0.717, 1.165) is 59.6 Å². The van der Waals surface area contributed by atoms with Gasteiger partial charge in [-0.15, -0.1) is 0 Å². The van der Waals surface area contributed by atoms with E-state index in [0.29, 0.717) is 18.8 Å². The van der Waals surface area contributed by atoms with E-state index < -0.39 is 0 Å². The number of aryl methyl sites for hydroxylation is 1. The normalized spacial score (nSPS) is 17.5. The third-order valence-corrected chi connectivity index (χ3v) is 6.66. The fraction of sp³-hybridized carbons (Fsp3) is 0.545. The lowest BCUT2D eigenvalue weighted by molar-refractivity contribution is -0.128. The number of hydrogen-bond donors (Lipinski definition) is 0. The van der Waals surface area contributed by atoms with Crippen molar-refractivity contribution in [3.05, 3.63) is 35.2 Å². The number of benzene rings is 1. The van der Waals surface area contributed by atoms with Crippen molar-refractivity contribution in [1.29, 1.82) is 0 Å². The van der Waals surface area contributed by atoms with E-state index in [-0.39, 0.29) is 18.8 Å². The largest absolute Gasteiger partial charge is 0.454 e. The number of carbonyl (C=O) groups is 1. The number of amides is 1. The van der Waals surface area contributed by atoms with Gasteiger partial charge in [-0.2, -0.15) is 0 Å². The zero-order valence-corrected chi connectivity index (χ0v) is 18.7. The van der Waals surface area contributed by atoms with Gasteiger partial charge in [0.05, 0.1) is 24.1 Å². The van der Waals surface area contributed by atoms with Crippen LogP contribution < -0.4 is 9.47 Å². The van der Waals surface area contributed by atoms with Crippen LogP contribution >= 0.6 is 11.8 Å². The minimum absolute atomic E-state index is 0.0992. The summed E-state index contributed by atoms with van der Waals surface area (Å²) in [7, 11) is 0. The minimum atomic E-state index is 0.0992. The quantitative estimate of drug-likeness (QED) is 0.596. The molecule has 1 aromatic carbocycles. The van der Waals surface area contributed by atoms with Crippen molar-refractivity contribution in [3.8, 4) is 11.5 Å². The first-order chi connectivity index (χ1) is 14.5. The van der Waals surface area contributed by atoms with Crippen LogP contribution in [0.25, 0.3) is 0 Å². The first kappa shape index (κ1) is 21.1. The molecule has 2 aliphatic heterocycles. The van der Waals surface area contributed by atoms with E-state index in [2.05, 4.69) is 11.5 Å². The van der Waals surface area contributed by atoms with Crippen LogP contribution in [0.4, 0.5) is 0 Å². The van der Waals surface area contributed by atoms with Crippen molar-refractivity contribution < 1.29 is 19.0 Å². The van der Waals surface area contributed by atoms with Crippen LogP contribution in [-0.2, 0) is 22.6 Å². The van der Waals surface area contributed by atoms with Crippen LogP contribution in [0.5, 0.6) is 11.5 Å². The maximum atomic E-state index is 12.9. The second-order valence-electron chi connectivity index (χ2n) is 7.70. The molecule has 1 fully saturated rings. The van der Waals surface area contributed by atoms with Crippen molar-refractivity contribution in [3.63, 3.8) is 0 Å². The van der Waals surface area contributed by atoms with Gasteiger partial charge in [0.1, 0.15) is 0 Å². The van der Waals surface area contributed by atoms with Gasteiger partial charge in [-0.3, -0.25) is 4.79 Å². The average molecular weight is 432 g/mol. The summed E-state index contributed by atoms with van der Waals surface area (Å²) < 4.78 is 18.8. The summed E-state index contributed by atoms with van der Waals surface area (Å²) in [4.78, 5) is 19.5. The van der Waals surface area contributed by atoms with Gasteiger partial charge in [0.15, 0.2) is 16.7 Å². The SMILES string of the molecule is CCN(Cc1ccc2c(c1)OCO2)C(=O)CSc1nc(C)c(C)n1C[C@@H]1CCCO1. The number of fused-ring (bicyclic) bond motifs is 1. The Morgan fingerprint density at radius 1 is 1.30 bits per heavy atom. The van der Waals surface area contributed by atoms with Crippen LogP contribution in [0.15, 0.2) is 23.4 Å². The summed E-state index contributed by atoms with van der Waals surface area (Å²) in [5.74, 6) is 1.96. The van der Waals surface area contributed by atoms with Crippen molar-refractivity contribution >= 4 is 17.7 Å². The van der Waals surface area contributed by atoms with Gasteiger partial charge in [-0.05, 0) is 51.3 Å². The van der Waals surface area contributed by atoms with Gasteiger partial charge >= 0.3 is 0 Å². The molecular weight excluding hydrogens is 402 g/mol. The molecule has 1 atom stereocenters. The third-order valence-electron chi connectivity index (χ3n) is 5.70. The summed E-state index contributed by atoms with van der Waals surface area (Å²) in [5.41, 5.74) is 3.19. The molecule has 0 radical (unpaired) electrons. The van der Waals surface area contributed by atoms with E-state index in [9.17, 15) is 4.79 Å². The molecule has 0 spiro atoms. The molecule has 0 saturated carbocycles. The third kappa shape index (κ3) is 4.59. The molecule has 7 nitrogen and oxygen atoms in total. The van der Waals surface area contributed by atoms with E-state index in [1.165, 1.54) is 11.8 Å². The zero-order chi connectivity index (χ0) is 21.1. The van der Waals surface area contributed by atoms with Crippen LogP contribution in [0.2, 0.25) is 0 Å². The summed E-state index contributed by atoms with van der Waals surface area (Å²) in [6.07, 6.45) is 2.44. The summed E-state index contributed by atoms with van der Waals surface area (Å²) >= 11 is 1.51. The molecule has 162 valence electrons. The number of hydrogen-bond acceptors (Lipinski definition) is 6. The number of thioether (sulfide) groups is 1. The lowest BCUT2D eigenvalue weighted by Crippen LogP contribution is -2.31. The zero-order valence-electron chi connectivity index (χ0n) is 17.8. The van der Waals surface area contributed by atoms with Gasteiger partial charge in [0.25, 0.3) is 0 Å². The Morgan fingerprint density at radius 2 is 2.13 bits per heavy atom. The molecule has 0 N–H and O–H groups in total. The number of aromatic nitrogens is 2. The molecule has 1 aromatic heterocycles. The van der Waals surface area contributed by atoms with Crippen LogP contribution in [-0.4, -0.2) is 52.2 Å². The Hall–Kier alpha value is -2.19. The van der Waals surface area contributed by atoms with Crippen molar-refractivity contribution in [2.45, 2.75) is 58.0 Å². The highest BCUT2D eigenvalue weighted by molar-refractivity contribution is 7.99. The van der Waals surface area contributed by atoms with Crippen molar-refractivity contribution in [2.75, 3.05) is 25.7 Å². The van der Waals surface area contributed by atoms with Crippen LogP contribution in [0.3, 0.4) is 0 Å². The molecule has 2 aromatic rings. The Kier molecular flexibility index (Phi) is 6.53. The Bertz CT molecular complexity index is 908. The fourth-order valence-corrected chi connectivity index (χ4v) is 4.80. The first-order valence-electron chi connectivity index (χ1n) is 10.5. The molecule has 0 aliphatic carbocycles. The number of ether oxygens (including phenoxy) is 3. The van der Waals surface area contributed by atoms with Gasteiger partial charge < -0.3 is 23.7 Å². The molecule has 30 heavy (non-hydrogen) atoms. The smallest absolute Gasteiger partial charge is 0.233 e. The molecule has 1 amide bonds. The Labute approximate surface area is 181 Å². The monoisotopic (exact) mass is 431 g/mol. The molecule has 2 aliphatic rings. The van der Waals surface area contributed by atoms with Crippen LogP contribution in [0, 0.1) is 13.8 Å². The topological polar surface area (TPSA) is 65.8 Å². The van der Waals surface area contributed by atoms with Crippen molar-refractivity contribution in [2.24, 2.45) is 0 Å². The number of imidazole rings is 1. The second-order valence-corrected chi connectivity index (χ2v) is 8.64. The van der Waals surface area contributed by atoms with E-state index in [1.54, 1.807) is 0 Å². The molecule has 8 heteroatoms. The minimum Gasteiger partial charge on any atom is -0.454 e. The summed E-state index contributed by atoms with van der Waals surface area (Å²) in [6, 6.07) is 5.84. The lowest BCUT2D eigenvalue weighted by Gasteiger charge is -2.21. The maximum absolute atomic E-state index is 12.9. The molecule has 4 rings (SSSR count). The molecule has 3 heterocycles. The Balaban J connectivity index is 1.39. The molecule has 0 bridgehead atoms. The summed E-state index contributed by atoms with van der Waals surface area (Å²) in [5, 5.41) is 0.896. The highest BCUT2D eigenvalue weighted by atomic mass is 32.2. The fourth-order valence-electron chi connectivity index (χ4n) is 3.79. The highest BCUT2D eigenvalue weighted by Gasteiger charge is 2.22. The number of carbonyl (C=O) groups excluding carboxylic acids is 1. The standard InChI is InChI=1S/C22H29N3O4S/c1-4-24(11-17-7-8-19-20(10-17)29-14-28-19)21(26)13-30-22-23-15(2)16(3)25(22)12-18-6-5-9-27-18/h7-8,10,18H,4-6,9,11-14H2,1-3H3/t18-/m0/s1. The highest BCUT2D eigenvalue weighted by Crippen LogP contribution is 2.33. The van der Waals surface area contributed by atoms with Gasteiger partial charge in [-0.25, -0.2) is 4.98 Å². The van der Waals surface area contributed by atoms with Crippen LogP contribution in [0.1, 0.15) is 36.7 Å². The van der Waals surface area contributed by atoms with Gasteiger partial charge in [-0.1, -0.05) is 17.8 Å². The molecule has 1 saturated heterocycles. The molecular formula is C22H29N3O4S. The average Bonchev–Trinajstić information content (AvgIpc) is 3.48. The number of rotatable bonds is 8. The Morgan fingerprint density at radius 3 is 2.90 bits per heavy atom. The van der Waals surface area contributed by atoms with Gasteiger partial charge in [0.2, 0.25) is 12.7 Å². The van der Waals surface area contributed by atoms with E-state index in [4.69, 9.17) is 19.2 Å². The van der Waals surface area contributed by atoms with Gasteiger partial charge in [0, 0.05) is 25.4 Å². The predicted octanol–water partition coefficient (Wildman–Crippen LogP) is 3.55. The van der Waals surface area contributed by atoms with E-state index in [1.807, 2.05) is 36.9 Å².